The number of amides is 1. The lowest BCUT2D eigenvalue weighted by atomic mass is 9.86. The summed E-state index contributed by atoms with van der Waals surface area (Å²) in [6.45, 7) is 0.576. The van der Waals surface area contributed by atoms with Crippen molar-refractivity contribution in [1.82, 2.24) is 5.32 Å². The van der Waals surface area contributed by atoms with Crippen LogP contribution in [0.15, 0.2) is 30.3 Å². The molecule has 126 valence electrons. The second-order valence-corrected chi connectivity index (χ2v) is 5.54. The molecule has 1 aromatic rings. The average molecular weight is 327 g/mol. The zero-order valence-corrected chi connectivity index (χ0v) is 12.5. The molecule has 1 aromatic carbocycles. The molecular formula is C16H19F2NO4. The van der Waals surface area contributed by atoms with Crippen molar-refractivity contribution in [1.29, 1.82) is 0 Å². The third-order valence-electron chi connectivity index (χ3n) is 4.06. The zero-order chi connectivity index (χ0) is 16.9. The van der Waals surface area contributed by atoms with Crippen molar-refractivity contribution in [2.24, 2.45) is 11.8 Å². The minimum atomic E-state index is -3.69. The lowest BCUT2D eigenvalue weighted by Crippen LogP contribution is -2.44. The van der Waals surface area contributed by atoms with Crippen LogP contribution in [0.2, 0.25) is 0 Å². The first kappa shape index (κ1) is 17.3. The molecular weight excluding hydrogens is 308 g/mol. The lowest BCUT2D eigenvalue weighted by molar-refractivity contribution is -0.149. The van der Waals surface area contributed by atoms with Crippen LogP contribution in [0.5, 0.6) is 0 Å². The van der Waals surface area contributed by atoms with E-state index in [4.69, 9.17) is 4.74 Å². The van der Waals surface area contributed by atoms with Crippen LogP contribution < -0.4 is 5.32 Å². The van der Waals surface area contributed by atoms with Crippen LogP contribution in [0.3, 0.4) is 0 Å². The van der Waals surface area contributed by atoms with Gasteiger partial charge in [-0.1, -0.05) is 30.3 Å². The van der Waals surface area contributed by atoms with Crippen molar-refractivity contribution >= 4 is 11.9 Å². The second kappa shape index (κ2) is 7.50. The van der Waals surface area contributed by atoms with Crippen LogP contribution in [-0.2, 0) is 20.2 Å². The summed E-state index contributed by atoms with van der Waals surface area (Å²) in [5, 5.41) is 11.4. The number of carboxylic acid groups (broad SMARTS) is 1. The van der Waals surface area contributed by atoms with Gasteiger partial charge in [-0.2, -0.15) is 8.78 Å². The maximum atomic E-state index is 14.1. The predicted octanol–water partition coefficient (Wildman–Crippen LogP) is 2.02. The van der Waals surface area contributed by atoms with Crippen molar-refractivity contribution in [3.63, 3.8) is 0 Å². The van der Waals surface area contributed by atoms with Crippen molar-refractivity contribution in [2.75, 3.05) is 19.8 Å². The van der Waals surface area contributed by atoms with E-state index in [1.54, 1.807) is 6.07 Å². The monoisotopic (exact) mass is 327 g/mol. The summed E-state index contributed by atoms with van der Waals surface area (Å²) in [4.78, 5) is 23.1. The fraction of sp³-hybridized carbons (Fsp3) is 0.500. The van der Waals surface area contributed by atoms with Gasteiger partial charge in [-0.3, -0.25) is 9.59 Å². The fourth-order valence-corrected chi connectivity index (χ4v) is 2.67. The Labute approximate surface area is 132 Å². The summed E-state index contributed by atoms with van der Waals surface area (Å²) in [5.41, 5.74) is -0.421. The zero-order valence-electron chi connectivity index (χ0n) is 12.5. The summed E-state index contributed by atoms with van der Waals surface area (Å²) in [7, 11) is 0. The Morgan fingerprint density at radius 3 is 2.43 bits per heavy atom. The highest BCUT2D eigenvalue weighted by Gasteiger charge is 2.41. The highest BCUT2D eigenvalue weighted by Crippen LogP contribution is 2.28. The van der Waals surface area contributed by atoms with Crippen LogP contribution in [0.1, 0.15) is 18.4 Å². The van der Waals surface area contributed by atoms with Crippen molar-refractivity contribution in [3.8, 4) is 0 Å². The van der Waals surface area contributed by atoms with Gasteiger partial charge in [0.15, 0.2) is 0 Å². The third kappa shape index (κ3) is 4.25. The van der Waals surface area contributed by atoms with Crippen LogP contribution in [0, 0.1) is 11.8 Å². The smallest absolute Gasteiger partial charge is 0.349 e. The molecule has 23 heavy (non-hydrogen) atoms. The van der Waals surface area contributed by atoms with E-state index in [9.17, 15) is 23.5 Å². The topological polar surface area (TPSA) is 75.6 Å². The second-order valence-electron chi connectivity index (χ2n) is 5.54. The first-order chi connectivity index (χ1) is 10.9. The van der Waals surface area contributed by atoms with E-state index in [0.29, 0.717) is 26.1 Å². The number of ether oxygens (including phenoxy) is 1. The molecule has 2 rings (SSSR count). The normalized spacial score (nSPS) is 17.5. The van der Waals surface area contributed by atoms with Gasteiger partial charge in [0.2, 0.25) is 0 Å². The number of rotatable bonds is 6. The number of hydrogen-bond donors (Lipinski definition) is 2. The predicted molar refractivity (Wildman–Crippen MR) is 78.0 cm³/mol. The number of benzene rings is 1. The molecule has 0 radical (unpaired) electrons. The first-order valence-corrected chi connectivity index (χ1v) is 7.45. The minimum Gasteiger partial charge on any atom is -0.481 e. The van der Waals surface area contributed by atoms with E-state index < -0.39 is 29.3 Å². The van der Waals surface area contributed by atoms with E-state index in [1.165, 1.54) is 12.1 Å². The average Bonchev–Trinajstić information content (AvgIpc) is 2.56. The standard InChI is InChI=1S/C16H19F2NO4/c17-16(18,12-4-2-1-3-5-12)15(22)19-10-13(14(20)21)11-6-8-23-9-7-11/h1-5,11,13H,6-10H2,(H,19,22)(H,20,21). The van der Waals surface area contributed by atoms with Crippen LogP contribution in [0.25, 0.3) is 0 Å². The fourth-order valence-electron chi connectivity index (χ4n) is 2.67. The lowest BCUT2D eigenvalue weighted by Gasteiger charge is -2.28. The maximum absolute atomic E-state index is 14.1. The molecule has 0 spiro atoms. The van der Waals surface area contributed by atoms with Gasteiger partial charge < -0.3 is 15.2 Å². The Kier molecular flexibility index (Phi) is 5.65. The SMILES string of the molecule is O=C(O)C(CNC(=O)C(F)(F)c1ccccc1)C1CCOCC1. The van der Waals surface area contributed by atoms with Crippen molar-refractivity contribution in [2.45, 2.75) is 18.8 Å². The molecule has 1 aliphatic rings. The summed E-state index contributed by atoms with van der Waals surface area (Å²) in [5.74, 6) is -7.36. The van der Waals surface area contributed by atoms with E-state index in [-0.39, 0.29) is 12.5 Å². The highest BCUT2D eigenvalue weighted by molar-refractivity contribution is 5.85. The van der Waals surface area contributed by atoms with Crippen LogP contribution in [-0.4, -0.2) is 36.7 Å². The molecule has 1 unspecified atom stereocenters. The van der Waals surface area contributed by atoms with Gasteiger partial charge in [-0.05, 0) is 18.8 Å². The Morgan fingerprint density at radius 2 is 1.87 bits per heavy atom. The van der Waals surface area contributed by atoms with Crippen LogP contribution in [0.4, 0.5) is 8.78 Å². The number of nitrogens with one attached hydrogen (secondary N) is 1. The quantitative estimate of drug-likeness (QED) is 0.838. The van der Waals surface area contributed by atoms with E-state index >= 15 is 0 Å². The maximum Gasteiger partial charge on any atom is 0.349 e. The molecule has 1 atom stereocenters. The number of halogens is 2. The molecule has 1 aliphatic heterocycles. The van der Waals surface area contributed by atoms with E-state index in [2.05, 4.69) is 5.32 Å². The van der Waals surface area contributed by atoms with Gasteiger partial charge in [-0.15, -0.1) is 0 Å². The Hall–Kier alpha value is -2.02. The van der Waals surface area contributed by atoms with Gasteiger partial charge in [0.1, 0.15) is 0 Å². The highest BCUT2D eigenvalue weighted by atomic mass is 19.3. The first-order valence-electron chi connectivity index (χ1n) is 7.45. The van der Waals surface area contributed by atoms with E-state index in [0.717, 1.165) is 12.1 Å². The van der Waals surface area contributed by atoms with Gasteiger partial charge in [0, 0.05) is 25.3 Å². The molecule has 1 heterocycles. The largest absolute Gasteiger partial charge is 0.481 e. The Balaban J connectivity index is 1.99. The molecule has 0 saturated carbocycles. The van der Waals surface area contributed by atoms with Gasteiger partial charge in [-0.25, -0.2) is 0 Å². The van der Waals surface area contributed by atoms with Crippen molar-refractivity contribution < 1.29 is 28.2 Å². The molecule has 0 bridgehead atoms. The van der Waals surface area contributed by atoms with Crippen molar-refractivity contribution in [3.05, 3.63) is 35.9 Å². The van der Waals surface area contributed by atoms with E-state index in [1.807, 2.05) is 0 Å². The summed E-state index contributed by atoms with van der Waals surface area (Å²) < 4.78 is 33.3. The molecule has 1 fully saturated rings. The molecule has 7 heteroatoms. The number of aliphatic carboxylic acids is 1. The summed E-state index contributed by atoms with van der Waals surface area (Å²) in [6, 6.07) is 6.72. The number of alkyl halides is 2. The molecule has 2 N–H and O–H groups in total. The number of carbonyl (C=O) groups is 2. The molecule has 0 aliphatic carbocycles. The van der Waals surface area contributed by atoms with Gasteiger partial charge in [0.05, 0.1) is 5.92 Å². The summed E-state index contributed by atoms with van der Waals surface area (Å²) in [6.07, 6.45) is 1.09. The molecule has 0 aromatic heterocycles. The Morgan fingerprint density at radius 1 is 1.26 bits per heavy atom. The molecule has 1 amide bonds. The third-order valence-corrected chi connectivity index (χ3v) is 4.06. The molecule has 1 saturated heterocycles. The molecule has 5 nitrogen and oxygen atoms in total. The Bertz CT molecular complexity index is 544. The van der Waals surface area contributed by atoms with Gasteiger partial charge in [0.25, 0.3) is 5.91 Å². The number of carboxylic acids is 1. The van der Waals surface area contributed by atoms with Gasteiger partial charge >= 0.3 is 11.9 Å². The summed E-state index contributed by atoms with van der Waals surface area (Å²) >= 11 is 0. The number of carbonyl (C=O) groups excluding carboxylic acids is 1. The number of hydrogen-bond acceptors (Lipinski definition) is 3. The van der Waals surface area contributed by atoms with Crippen LogP contribution >= 0.6 is 0 Å². The minimum absolute atomic E-state index is 0.188.